The van der Waals surface area contributed by atoms with Crippen LogP contribution < -0.4 is 4.72 Å². The van der Waals surface area contributed by atoms with Gasteiger partial charge in [-0.3, -0.25) is 4.72 Å². The van der Waals surface area contributed by atoms with E-state index in [0.717, 1.165) is 5.56 Å². The van der Waals surface area contributed by atoms with Crippen molar-refractivity contribution >= 4 is 38.9 Å². The van der Waals surface area contributed by atoms with Crippen LogP contribution in [0.4, 0.5) is 5.69 Å². The third-order valence-corrected chi connectivity index (χ3v) is 4.73. The number of hydrogen-bond donors (Lipinski definition) is 1. The van der Waals surface area contributed by atoms with Crippen molar-refractivity contribution in [1.29, 1.82) is 0 Å². The highest BCUT2D eigenvalue weighted by Gasteiger charge is 2.21. The molecule has 99 valence electrons. The van der Waals surface area contributed by atoms with E-state index in [0.29, 0.717) is 5.69 Å². The fraction of sp³-hybridized carbons (Fsp3) is 0. The lowest BCUT2D eigenvalue weighted by Crippen LogP contribution is -2.14. The molecule has 0 aromatic heterocycles. The van der Waals surface area contributed by atoms with Crippen molar-refractivity contribution in [3.8, 4) is 0 Å². The second-order valence-electron chi connectivity index (χ2n) is 3.85. The molecule has 19 heavy (non-hydrogen) atoms. The Morgan fingerprint density at radius 2 is 1.47 bits per heavy atom. The Bertz CT molecular complexity index is 677. The molecule has 0 saturated heterocycles. The lowest BCUT2D eigenvalue weighted by molar-refractivity contribution is 0.601. The van der Waals surface area contributed by atoms with Gasteiger partial charge in [0.05, 0.1) is 10.0 Å². The summed E-state index contributed by atoms with van der Waals surface area (Å²) in [5.41, 5.74) is 1.21. The van der Waals surface area contributed by atoms with E-state index in [1.165, 1.54) is 12.1 Å². The highest BCUT2D eigenvalue weighted by atomic mass is 35.5. The minimum atomic E-state index is -3.82. The Kier molecular flexibility index (Phi) is 4.04. The highest BCUT2D eigenvalue weighted by molar-refractivity contribution is 7.93. The van der Waals surface area contributed by atoms with E-state index in [2.05, 4.69) is 11.6 Å². The summed E-state index contributed by atoms with van der Waals surface area (Å²) < 4.78 is 26.9. The van der Waals surface area contributed by atoms with Crippen LogP contribution in [-0.2, 0) is 10.0 Å². The number of halogens is 2. The molecule has 0 aliphatic heterocycles. The minimum absolute atomic E-state index is 0.0776. The number of benzene rings is 2. The molecule has 6 heteroatoms. The van der Waals surface area contributed by atoms with Crippen molar-refractivity contribution in [1.82, 2.24) is 0 Å². The molecular weight excluding hydrogens is 305 g/mol. The van der Waals surface area contributed by atoms with Crippen molar-refractivity contribution in [2.75, 3.05) is 4.72 Å². The number of nitrogens with one attached hydrogen (secondary N) is 1. The van der Waals surface area contributed by atoms with Gasteiger partial charge in [-0.15, -0.1) is 0 Å². The molecule has 1 radical (unpaired) electrons. The van der Waals surface area contributed by atoms with Crippen molar-refractivity contribution < 1.29 is 8.42 Å². The Balaban J connectivity index is 2.41. The lowest BCUT2D eigenvalue weighted by atomic mass is 10.2. The van der Waals surface area contributed by atoms with E-state index < -0.39 is 10.0 Å². The molecule has 0 saturated carbocycles. The van der Waals surface area contributed by atoms with Gasteiger partial charge in [0.1, 0.15) is 4.90 Å². The molecule has 0 atom stereocenters. The lowest BCUT2D eigenvalue weighted by Gasteiger charge is -2.11. The fourth-order valence-electron chi connectivity index (χ4n) is 1.52. The predicted molar refractivity (Wildman–Crippen MR) is 78.2 cm³/mol. The molecule has 0 fully saturated rings. The maximum atomic E-state index is 12.2. The van der Waals surface area contributed by atoms with Gasteiger partial charge < -0.3 is 0 Å². The first-order valence-electron chi connectivity index (χ1n) is 5.29. The van der Waals surface area contributed by atoms with Crippen molar-refractivity contribution in [2.45, 2.75) is 4.90 Å². The van der Waals surface area contributed by atoms with Gasteiger partial charge in [0.2, 0.25) is 0 Å². The van der Waals surface area contributed by atoms with Gasteiger partial charge in [0.25, 0.3) is 10.0 Å². The maximum absolute atomic E-state index is 12.2. The summed E-state index contributed by atoms with van der Waals surface area (Å²) in [7, 11) is -3.82. The van der Waals surface area contributed by atoms with Crippen LogP contribution in [0.1, 0.15) is 5.56 Å². The van der Waals surface area contributed by atoms with E-state index in [-0.39, 0.29) is 14.9 Å². The minimum Gasteiger partial charge on any atom is -0.280 e. The molecule has 3 nitrogen and oxygen atoms in total. The Labute approximate surface area is 122 Å². The Hall–Kier alpha value is -1.23. The summed E-state index contributed by atoms with van der Waals surface area (Å²) in [6.45, 7) is 3.73. The first kappa shape index (κ1) is 14.2. The molecule has 0 aliphatic rings. The molecule has 0 bridgehead atoms. The SMILES string of the molecule is [CH2]c1ccc(NS(=O)(=O)c2c(Cl)cccc2Cl)cc1. The van der Waals surface area contributed by atoms with Gasteiger partial charge in [-0.25, -0.2) is 8.42 Å². The van der Waals surface area contributed by atoms with Crippen molar-refractivity contribution in [3.63, 3.8) is 0 Å². The quantitative estimate of drug-likeness (QED) is 0.931. The standard InChI is InChI=1S/C13H10Cl2NO2S/c1-9-5-7-10(8-6-9)16-19(17,18)13-11(14)3-2-4-12(13)15/h2-8,16H,1H2. The fourth-order valence-corrected chi connectivity index (χ4v) is 3.72. The van der Waals surface area contributed by atoms with Crippen molar-refractivity contribution in [2.24, 2.45) is 0 Å². The van der Waals surface area contributed by atoms with Gasteiger partial charge in [-0.2, -0.15) is 0 Å². The van der Waals surface area contributed by atoms with Crippen LogP contribution in [0, 0.1) is 6.92 Å². The van der Waals surface area contributed by atoms with Crippen LogP contribution in [0.25, 0.3) is 0 Å². The van der Waals surface area contributed by atoms with Crippen LogP contribution in [0.5, 0.6) is 0 Å². The Morgan fingerprint density at radius 1 is 0.947 bits per heavy atom. The number of hydrogen-bond acceptors (Lipinski definition) is 2. The summed E-state index contributed by atoms with van der Waals surface area (Å²) >= 11 is 11.8. The molecule has 0 amide bonds. The van der Waals surface area contributed by atoms with E-state index >= 15 is 0 Å². The van der Waals surface area contributed by atoms with Crippen molar-refractivity contribution in [3.05, 3.63) is 65.0 Å². The Morgan fingerprint density at radius 3 is 2.00 bits per heavy atom. The maximum Gasteiger partial charge on any atom is 0.264 e. The van der Waals surface area contributed by atoms with Gasteiger partial charge >= 0.3 is 0 Å². The van der Waals surface area contributed by atoms with Crippen LogP contribution in [0.2, 0.25) is 10.0 Å². The number of rotatable bonds is 3. The van der Waals surface area contributed by atoms with Crippen LogP contribution in [-0.4, -0.2) is 8.42 Å². The molecule has 2 aromatic carbocycles. The molecule has 2 aromatic rings. The van der Waals surface area contributed by atoms with Gasteiger partial charge in [-0.05, 0) is 36.8 Å². The van der Waals surface area contributed by atoms with E-state index in [9.17, 15) is 8.42 Å². The summed E-state index contributed by atoms with van der Waals surface area (Å²) in [5.74, 6) is 0. The third-order valence-electron chi connectivity index (χ3n) is 2.39. The molecule has 0 spiro atoms. The van der Waals surface area contributed by atoms with Gasteiger partial charge in [-0.1, -0.05) is 41.4 Å². The van der Waals surface area contributed by atoms with Crippen LogP contribution >= 0.6 is 23.2 Å². The largest absolute Gasteiger partial charge is 0.280 e. The highest BCUT2D eigenvalue weighted by Crippen LogP contribution is 2.30. The summed E-state index contributed by atoms with van der Waals surface area (Å²) in [6.07, 6.45) is 0. The molecule has 2 rings (SSSR count). The monoisotopic (exact) mass is 314 g/mol. The summed E-state index contributed by atoms with van der Waals surface area (Å²) in [6, 6.07) is 11.2. The zero-order chi connectivity index (χ0) is 14.0. The molecule has 1 N–H and O–H groups in total. The first-order chi connectivity index (χ1) is 8.90. The number of anilines is 1. The average Bonchev–Trinajstić information content (AvgIpc) is 2.31. The smallest absolute Gasteiger partial charge is 0.264 e. The van der Waals surface area contributed by atoms with Crippen LogP contribution in [0.3, 0.4) is 0 Å². The molecule has 0 heterocycles. The van der Waals surface area contributed by atoms with Gasteiger partial charge in [0.15, 0.2) is 0 Å². The van der Waals surface area contributed by atoms with Gasteiger partial charge in [0, 0.05) is 5.69 Å². The predicted octanol–water partition coefficient (Wildman–Crippen LogP) is 3.98. The van der Waals surface area contributed by atoms with Crippen LogP contribution in [0.15, 0.2) is 47.4 Å². The zero-order valence-corrected chi connectivity index (χ0v) is 12.1. The summed E-state index contributed by atoms with van der Waals surface area (Å²) in [4.78, 5) is -0.128. The van der Waals surface area contributed by atoms with E-state index in [1.54, 1.807) is 30.3 Å². The summed E-state index contributed by atoms with van der Waals surface area (Å²) in [5, 5.41) is 0.155. The third kappa shape index (κ3) is 3.21. The zero-order valence-electron chi connectivity index (χ0n) is 9.73. The molecule has 0 unspecified atom stereocenters. The van der Waals surface area contributed by atoms with E-state index in [1.807, 2.05) is 0 Å². The second-order valence-corrected chi connectivity index (χ2v) is 6.29. The molecule has 0 aliphatic carbocycles. The first-order valence-corrected chi connectivity index (χ1v) is 7.53. The average molecular weight is 315 g/mol. The number of sulfonamides is 1. The molecular formula is C13H10Cl2NO2S. The normalized spacial score (nSPS) is 11.3. The topological polar surface area (TPSA) is 46.2 Å². The van der Waals surface area contributed by atoms with E-state index in [4.69, 9.17) is 23.2 Å². The second kappa shape index (κ2) is 5.41.